The molecule has 3 rings (SSSR count). The number of anilines is 1. The summed E-state index contributed by atoms with van der Waals surface area (Å²) in [5.41, 5.74) is 3.96. The predicted molar refractivity (Wildman–Crippen MR) is 112 cm³/mol. The number of ether oxygens (including phenoxy) is 1. The van der Waals surface area contributed by atoms with Gasteiger partial charge in [-0.1, -0.05) is 0 Å². The number of fused-ring (bicyclic) bond motifs is 1. The summed E-state index contributed by atoms with van der Waals surface area (Å²) >= 11 is 1.43. The topological polar surface area (TPSA) is 88.6 Å². The maximum atomic E-state index is 12.3. The molecule has 0 saturated heterocycles. The van der Waals surface area contributed by atoms with Crippen molar-refractivity contribution in [2.24, 2.45) is 0 Å². The Hall–Kier alpha value is -3.26. The number of esters is 1. The fraction of sp³-hybridized carbons (Fsp3) is 0.238. The first-order valence-electron chi connectivity index (χ1n) is 9.21. The minimum absolute atomic E-state index is 0.0558. The highest BCUT2D eigenvalue weighted by Gasteiger charge is 2.14. The highest BCUT2D eigenvalue weighted by atomic mass is 32.1. The molecule has 0 unspecified atom stereocenters. The fourth-order valence-electron chi connectivity index (χ4n) is 2.78. The zero-order valence-electron chi connectivity index (χ0n) is 16.2. The van der Waals surface area contributed by atoms with Crippen LogP contribution in [-0.2, 0) is 9.53 Å². The summed E-state index contributed by atoms with van der Waals surface area (Å²) in [6, 6.07) is 11.7. The van der Waals surface area contributed by atoms with Gasteiger partial charge in [-0.15, -0.1) is 11.3 Å². The molecule has 0 radical (unpaired) electrons. The van der Waals surface area contributed by atoms with Gasteiger partial charge < -0.3 is 15.0 Å². The second-order valence-corrected chi connectivity index (χ2v) is 7.10. The van der Waals surface area contributed by atoms with Crippen LogP contribution in [0.4, 0.5) is 5.69 Å². The van der Waals surface area contributed by atoms with E-state index in [1.807, 2.05) is 13.8 Å². The maximum Gasteiger partial charge on any atom is 0.338 e. The van der Waals surface area contributed by atoms with Crippen molar-refractivity contribution < 1.29 is 19.1 Å². The second-order valence-electron chi connectivity index (χ2n) is 6.21. The molecule has 0 aliphatic heterocycles. The van der Waals surface area contributed by atoms with Crippen molar-refractivity contribution >= 4 is 45.0 Å². The Bertz CT molecular complexity index is 1030. The quantitative estimate of drug-likeness (QED) is 0.601. The maximum absolute atomic E-state index is 12.3. The lowest BCUT2D eigenvalue weighted by Crippen LogP contribution is -2.30. The van der Waals surface area contributed by atoms with Crippen LogP contribution >= 0.6 is 11.3 Å². The van der Waals surface area contributed by atoms with Gasteiger partial charge in [0, 0.05) is 24.3 Å². The number of thiazole rings is 1. The third-order valence-corrected chi connectivity index (χ3v) is 5.16. The first-order valence-corrected chi connectivity index (χ1v) is 10.1. The Morgan fingerprint density at radius 2 is 1.72 bits per heavy atom. The van der Waals surface area contributed by atoms with Crippen LogP contribution in [0.1, 0.15) is 34.6 Å². The van der Waals surface area contributed by atoms with Crippen molar-refractivity contribution in [2.75, 3.05) is 25.0 Å². The molecule has 8 heteroatoms. The molecule has 3 aromatic rings. The van der Waals surface area contributed by atoms with Gasteiger partial charge in [-0.05, 0) is 56.3 Å². The summed E-state index contributed by atoms with van der Waals surface area (Å²) in [5, 5.41) is 2.65. The van der Waals surface area contributed by atoms with Gasteiger partial charge >= 0.3 is 5.97 Å². The molecule has 7 nitrogen and oxygen atoms in total. The monoisotopic (exact) mass is 411 g/mol. The van der Waals surface area contributed by atoms with Gasteiger partial charge in [0.25, 0.3) is 11.8 Å². The molecule has 0 aliphatic carbocycles. The van der Waals surface area contributed by atoms with Crippen LogP contribution < -0.4 is 5.32 Å². The number of amides is 2. The Balaban J connectivity index is 1.53. The summed E-state index contributed by atoms with van der Waals surface area (Å²) < 4.78 is 5.96. The molecular weight excluding hydrogens is 390 g/mol. The summed E-state index contributed by atoms with van der Waals surface area (Å²) in [6.45, 7) is 4.71. The van der Waals surface area contributed by atoms with Gasteiger partial charge in [0.2, 0.25) is 0 Å². The normalized spacial score (nSPS) is 10.6. The van der Waals surface area contributed by atoms with Crippen molar-refractivity contribution in [3.8, 4) is 0 Å². The van der Waals surface area contributed by atoms with Crippen molar-refractivity contribution in [2.45, 2.75) is 13.8 Å². The van der Waals surface area contributed by atoms with Gasteiger partial charge in [0.05, 0.1) is 21.3 Å². The van der Waals surface area contributed by atoms with Crippen molar-refractivity contribution in [1.29, 1.82) is 0 Å². The van der Waals surface area contributed by atoms with Gasteiger partial charge in [-0.25, -0.2) is 9.78 Å². The first-order chi connectivity index (χ1) is 14.0. The fourth-order valence-corrected chi connectivity index (χ4v) is 3.50. The van der Waals surface area contributed by atoms with Gasteiger partial charge in [0.1, 0.15) is 0 Å². The smallest absolute Gasteiger partial charge is 0.338 e. The molecule has 0 aliphatic rings. The van der Waals surface area contributed by atoms with Crippen LogP contribution in [0.25, 0.3) is 10.2 Å². The molecule has 1 aromatic heterocycles. The van der Waals surface area contributed by atoms with Crippen molar-refractivity contribution in [3.05, 3.63) is 59.1 Å². The summed E-state index contributed by atoms with van der Waals surface area (Å²) in [4.78, 5) is 42.4. The highest BCUT2D eigenvalue weighted by molar-refractivity contribution is 7.16. The van der Waals surface area contributed by atoms with E-state index in [2.05, 4.69) is 10.3 Å². The van der Waals surface area contributed by atoms with E-state index in [-0.39, 0.29) is 5.91 Å². The second kappa shape index (κ2) is 9.29. The average Bonchev–Trinajstić information content (AvgIpc) is 3.21. The van der Waals surface area contributed by atoms with E-state index in [9.17, 15) is 14.4 Å². The van der Waals surface area contributed by atoms with Crippen LogP contribution in [0.5, 0.6) is 0 Å². The molecule has 0 bridgehead atoms. The number of hydrogen-bond donors (Lipinski definition) is 1. The van der Waals surface area contributed by atoms with Gasteiger partial charge in [0.15, 0.2) is 6.61 Å². The minimum Gasteiger partial charge on any atom is -0.452 e. The third-order valence-electron chi connectivity index (χ3n) is 4.37. The molecular formula is C21H21N3O4S. The molecule has 0 saturated carbocycles. The van der Waals surface area contributed by atoms with Crippen molar-refractivity contribution in [3.63, 3.8) is 0 Å². The number of hydrogen-bond acceptors (Lipinski definition) is 6. The van der Waals surface area contributed by atoms with Crippen LogP contribution in [0.3, 0.4) is 0 Å². The van der Waals surface area contributed by atoms with E-state index in [4.69, 9.17) is 4.74 Å². The molecule has 29 heavy (non-hydrogen) atoms. The summed E-state index contributed by atoms with van der Waals surface area (Å²) in [5.74, 6) is -1.09. The first kappa shape index (κ1) is 20.5. The van der Waals surface area contributed by atoms with E-state index >= 15 is 0 Å². The number of rotatable bonds is 7. The van der Waals surface area contributed by atoms with Gasteiger partial charge in [-0.3, -0.25) is 9.59 Å². The Morgan fingerprint density at radius 3 is 2.41 bits per heavy atom. The number of nitrogens with zero attached hydrogens (tertiary/aromatic N) is 2. The number of aromatic nitrogens is 1. The van der Waals surface area contributed by atoms with E-state index in [0.717, 1.165) is 10.2 Å². The van der Waals surface area contributed by atoms with E-state index in [1.54, 1.807) is 52.9 Å². The minimum atomic E-state index is -0.574. The molecule has 2 aromatic carbocycles. The lowest BCUT2D eigenvalue weighted by molar-refractivity contribution is -0.119. The van der Waals surface area contributed by atoms with Crippen LogP contribution in [0.15, 0.2) is 48.0 Å². The largest absolute Gasteiger partial charge is 0.452 e. The van der Waals surface area contributed by atoms with Crippen LogP contribution in [-0.4, -0.2) is 47.4 Å². The highest BCUT2D eigenvalue weighted by Crippen LogP contribution is 2.19. The molecule has 0 atom stereocenters. The standard InChI is InChI=1S/C21H21N3O4S/c1-3-24(4-2)20(26)14-5-8-16(9-6-14)23-19(25)12-28-21(27)15-7-10-17-18(11-15)29-13-22-17/h5-11,13H,3-4,12H2,1-2H3,(H,23,25). The zero-order valence-corrected chi connectivity index (χ0v) is 17.0. The van der Waals surface area contributed by atoms with Crippen LogP contribution in [0, 0.1) is 0 Å². The zero-order chi connectivity index (χ0) is 20.8. The van der Waals surface area contributed by atoms with Crippen molar-refractivity contribution in [1.82, 2.24) is 9.88 Å². The number of nitrogens with one attached hydrogen (secondary N) is 1. The molecule has 0 spiro atoms. The predicted octanol–water partition coefficient (Wildman–Crippen LogP) is 3.57. The van der Waals surface area contributed by atoms with E-state index in [1.165, 1.54) is 11.3 Å². The Labute approximate surface area is 172 Å². The Morgan fingerprint density at radius 1 is 1.03 bits per heavy atom. The lowest BCUT2D eigenvalue weighted by atomic mass is 10.2. The molecule has 1 N–H and O–H groups in total. The van der Waals surface area contributed by atoms with E-state index in [0.29, 0.717) is 29.9 Å². The van der Waals surface area contributed by atoms with Crippen LogP contribution in [0.2, 0.25) is 0 Å². The Kier molecular flexibility index (Phi) is 6.56. The molecule has 150 valence electrons. The number of benzene rings is 2. The summed E-state index contributed by atoms with van der Waals surface area (Å²) in [7, 11) is 0. The lowest BCUT2D eigenvalue weighted by Gasteiger charge is -2.18. The molecule has 2 amide bonds. The average molecular weight is 411 g/mol. The number of carbonyl (C=O) groups is 3. The molecule has 0 fully saturated rings. The summed E-state index contributed by atoms with van der Waals surface area (Å²) in [6.07, 6.45) is 0. The van der Waals surface area contributed by atoms with Gasteiger partial charge in [-0.2, -0.15) is 0 Å². The SMILES string of the molecule is CCN(CC)C(=O)c1ccc(NC(=O)COC(=O)c2ccc3ncsc3c2)cc1. The molecule has 1 heterocycles. The third kappa shape index (κ3) is 4.97. The van der Waals surface area contributed by atoms with E-state index < -0.39 is 18.5 Å². The number of carbonyl (C=O) groups excluding carboxylic acids is 3.